The van der Waals surface area contributed by atoms with Crippen LogP contribution in [0.5, 0.6) is 0 Å². The summed E-state index contributed by atoms with van der Waals surface area (Å²) in [5, 5.41) is 10.3. The quantitative estimate of drug-likeness (QED) is 0.879. The maximum Gasteiger partial charge on any atom is 0.311 e. The van der Waals surface area contributed by atoms with Crippen molar-refractivity contribution in [1.82, 2.24) is 9.88 Å². The Kier molecular flexibility index (Phi) is 2.78. The van der Waals surface area contributed by atoms with Crippen molar-refractivity contribution in [3.63, 3.8) is 0 Å². The zero-order valence-corrected chi connectivity index (χ0v) is 11.2. The molecule has 2 heterocycles. The van der Waals surface area contributed by atoms with Crippen molar-refractivity contribution in [3.8, 4) is 0 Å². The third kappa shape index (κ3) is 1.95. The molecule has 0 bridgehead atoms. The van der Waals surface area contributed by atoms with Gasteiger partial charge in [0.25, 0.3) is 5.91 Å². The van der Waals surface area contributed by atoms with E-state index in [0.717, 1.165) is 10.9 Å². The number of carboxylic acid groups (broad SMARTS) is 1. The highest BCUT2D eigenvalue weighted by Crippen LogP contribution is 2.31. The molecular formula is C15H16N2O3. The molecule has 1 saturated heterocycles. The molecule has 1 aliphatic heterocycles. The van der Waals surface area contributed by atoms with Crippen LogP contribution in [0.3, 0.4) is 0 Å². The first-order chi connectivity index (χ1) is 9.49. The van der Waals surface area contributed by atoms with Gasteiger partial charge >= 0.3 is 5.97 Å². The van der Waals surface area contributed by atoms with Crippen LogP contribution < -0.4 is 0 Å². The van der Waals surface area contributed by atoms with Crippen molar-refractivity contribution < 1.29 is 14.7 Å². The minimum absolute atomic E-state index is 0.105. The number of carboxylic acids is 1. The Morgan fingerprint density at radius 2 is 2.15 bits per heavy atom. The summed E-state index contributed by atoms with van der Waals surface area (Å²) in [5.41, 5.74) is 0.678. The summed E-state index contributed by atoms with van der Waals surface area (Å²) >= 11 is 0. The van der Waals surface area contributed by atoms with Crippen LogP contribution in [0.1, 0.15) is 23.7 Å². The number of rotatable bonds is 2. The van der Waals surface area contributed by atoms with Gasteiger partial charge in [-0.2, -0.15) is 0 Å². The van der Waals surface area contributed by atoms with Crippen molar-refractivity contribution in [2.75, 3.05) is 13.1 Å². The van der Waals surface area contributed by atoms with E-state index in [9.17, 15) is 14.7 Å². The molecule has 104 valence electrons. The number of nitrogens with zero attached hydrogens (tertiary/aromatic N) is 1. The number of amides is 1. The van der Waals surface area contributed by atoms with Crippen molar-refractivity contribution >= 4 is 22.8 Å². The van der Waals surface area contributed by atoms with Gasteiger partial charge in [0.15, 0.2) is 0 Å². The highest BCUT2D eigenvalue weighted by Gasteiger charge is 2.42. The molecule has 0 radical (unpaired) electrons. The Balaban J connectivity index is 1.84. The van der Waals surface area contributed by atoms with E-state index < -0.39 is 11.4 Å². The molecule has 1 aliphatic rings. The fourth-order valence-corrected chi connectivity index (χ4v) is 2.67. The number of hydrogen-bond acceptors (Lipinski definition) is 2. The number of benzene rings is 1. The second-order valence-electron chi connectivity index (χ2n) is 5.62. The number of carbonyl (C=O) groups excluding carboxylic acids is 1. The second-order valence-corrected chi connectivity index (χ2v) is 5.62. The summed E-state index contributed by atoms with van der Waals surface area (Å²) in [6, 6.07) is 7.44. The van der Waals surface area contributed by atoms with E-state index in [-0.39, 0.29) is 12.5 Å². The molecule has 1 atom stereocenters. The summed E-state index contributed by atoms with van der Waals surface area (Å²) in [6.07, 6.45) is 2.33. The molecule has 5 nitrogen and oxygen atoms in total. The third-order valence-electron chi connectivity index (χ3n) is 4.08. The number of nitrogens with one attached hydrogen (secondary N) is 1. The minimum Gasteiger partial charge on any atom is -0.481 e. The monoisotopic (exact) mass is 272 g/mol. The first kappa shape index (κ1) is 12.7. The number of carbonyl (C=O) groups is 2. The van der Waals surface area contributed by atoms with Gasteiger partial charge < -0.3 is 15.0 Å². The number of aromatic amines is 1. The zero-order chi connectivity index (χ0) is 14.3. The Morgan fingerprint density at radius 1 is 1.35 bits per heavy atom. The highest BCUT2D eigenvalue weighted by molar-refractivity contribution is 5.98. The molecule has 3 rings (SSSR count). The van der Waals surface area contributed by atoms with Gasteiger partial charge in [-0.3, -0.25) is 9.59 Å². The summed E-state index contributed by atoms with van der Waals surface area (Å²) < 4.78 is 0. The van der Waals surface area contributed by atoms with Gasteiger partial charge in [-0.1, -0.05) is 6.07 Å². The predicted octanol–water partition coefficient (Wildman–Crippen LogP) is 2.10. The topological polar surface area (TPSA) is 73.4 Å². The number of fused-ring (bicyclic) bond motifs is 1. The van der Waals surface area contributed by atoms with E-state index in [0.29, 0.717) is 18.5 Å². The van der Waals surface area contributed by atoms with Gasteiger partial charge in [-0.25, -0.2) is 0 Å². The normalized spacial score (nSPS) is 22.4. The molecule has 20 heavy (non-hydrogen) atoms. The predicted molar refractivity (Wildman–Crippen MR) is 74.6 cm³/mol. The highest BCUT2D eigenvalue weighted by atomic mass is 16.4. The summed E-state index contributed by atoms with van der Waals surface area (Å²) in [5.74, 6) is -0.945. The van der Waals surface area contributed by atoms with E-state index in [1.165, 1.54) is 0 Å². The van der Waals surface area contributed by atoms with Crippen LogP contribution in [0, 0.1) is 5.41 Å². The van der Waals surface area contributed by atoms with Crippen LogP contribution in [0.25, 0.3) is 10.9 Å². The Morgan fingerprint density at radius 3 is 2.85 bits per heavy atom. The molecule has 1 aromatic heterocycles. The van der Waals surface area contributed by atoms with Gasteiger partial charge in [0, 0.05) is 30.4 Å². The third-order valence-corrected chi connectivity index (χ3v) is 4.08. The summed E-state index contributed by atoms with van der Waals surface area (Å²) in [6.45, 7) is 2.45. The largest absolute Gasteiger partial charge is 0.481 e. The molecule has 0 spiro atoms. The molecule has 0 saturated carbocycles. The van der Waals surface area contributed by atoms with Gasteiger partial charge in [-0.05, 0) is 36.9 Å². The first-order valence-corrected chi connectivity index (χ1v) is 6.59. The van der Waals surface area contributed by atoms with E-state index in [1.807, 2.05) is 24.4 Å². The fourth-order valence-electron chi connectivity index (χ4n) is 2.67. The average Bonchev–Trinajstić information content (AvgIpc) is 3.04. The molecule has 5 heteroatoms. The minimum atomic E-state index is -0.840. The van der Waals surface area contributed by atoms with Crippen molar-refractivity contribution in [1.29, 1.82) is 0 Å². The molecule has 1 fully saturated rings. The lowest BCUT2D eigenvalue weighted by Crippen LogP contribution is -2.34. The summed E-state index contributed by atoms with van der Waals surface area (Å²) in [4.78, 5) is 28.4. The van der Waals surface area contributed by atoms with Crippen LogP contribution in [0.2, 0.25) is 0 Å². The molecule has 1 aromatic carbocycles. The van der Waals surface area contributed by atoms with Crippen molar-refractivity contribution in [3.05, 3.63) is 36.0 Å². The Hall–Kier alpha value is -2.30. The lowest BCUT2D eigenvalue weighted by molar-refractivity contribution is -0.147. The van der Waals surface area contributed by atoms with E-state index >= 15 is 0 Å². The molecule has 1 amide bonds. The molecule has 2 aromatic rings. The maximum absolute atomic E-state index is 12.4. The lowest BCUT2D eigenvalue weighted by atomic mass is 9.90. The number of likely N-dealkylation sites (tertiary alicyclic amines) is 1. The average molecular weight is 272 g/mol. The molecular weight excluding hydrogens is 256 g/mol. The second kappa shape index (κ2) is 4.37. The molecule has 2 N–H and O–H groups in total. The number of aromatic nitrogens is 1. The van der Waals surface area contributed by atoms with Gasteiger partial charge in [0.05, 0.1) is 5.41 Å². The zero-order valence-electron chi connectivity index (χ0n) is 11.2. The van der Waals surface area contributed by atoms with Crippen LogP contribution in [-0.4, -0.2) is 40.0 Å². The molecule has 1 unspecified atom stereocenters. The maximum atomic E-state index is 12.4. The number of H-pyrrole nitrogens is 1. The number of hydrogen-bond donors (Lipinski definition) is 2. The summed E-state index contributed by atoms with van der Waals surface area (Å²) in [7, 11) is 0. The van der Waals surface area contributed by atoms with E-state index in [2.05, 4.69) is 4.98 Å². The molecule has 0 aliphatic carbocycles. The Bertz CT molecular complexity index is 691. The smallest absolute Gasteiger partial charge is 0.311 e. The van der Waals surface area contributed by atoms with Crippen molar-refractivity contribution in [2.45, 2.75) is 13.3 Å². The van der Waals surface area contributed by atoms with Gasteiger partial charge in [0.2, 0.25) is 0 Å². The Labute approximate surface area is 116 Å². The van der Waals surface area contributed by atoms with Gasteiger partial charge in [0.1, 0.15) is 0 Å². The SMILES string of the molecule is CC1(C(=O)O)CCN(C(=O)c2ccc3cc[nH]c3c2)C1. The van der Waals surface area contributed by atoms with Crippen LogP contribution in [0.15, 0.2) is 30.5 Å². The number of aliphatic carboxylic acids is 1. The van der Waals surface area contributed by atoms with E-state index in [4.69, 9.17) is 0 Å². The van der Waals surface area contributed by atoms with Crippen LogP contribution in [0.4, 0.5) is 0 Å². The fraction of sp³-hybridized carbons (Fsp3) is 0.333. The first-order valence-electron chi connectivity index (χ1n) is 6.59. The van der Waals surface area contributed by atoms with Crippen molar-refractivity contribution in [2.24, 2.45) is 5.41 Å². The van der Waals surface area contributed by atoms with Crippen LogP contribution in [-0.2, 0) is 4.79 Å². The lowest BCUT2D eigenvalue weighted by Gasteiger charge is -2.20. The van der Waals surface area contributed by atoms with E-state index in [1.54, 1.807) is 17.9 Å². The standard InChI is InChI=1S/C15H16N2O3/c1-15(14(19)20)5-7-17(9-15)13(18)11-3-2-10-4-6-16-12(10)8-11/h2-4,6,8,16H,5,7,9H2,1H3,(H,19,20). The van der Waals surface area contributed by atoms with Crippen LogP contribution >= 0.6 is 0 Å². The van der Waals surface area contributed by atoms with Gasteiger partial charge in [-0.15, -0.1) is 0 Å².